The second-order valence-corrected chi connectivity index (χ2v) is 6.39. The number of alkyl halides is 1. The van der Waals surface area contributed by atoms with E-state index in [-0.39, 0.29) is 12.6 Å². The molecule has 0 unspecified atom stereocenters. The summed E-state index contributed by atoms with van der Waals surface area (Å²) in [6, 6.07) is 6.85. The van der Waals surface area contributed by atoms with Crippen molar-refractivity contribution in [1.29, 1.82) is 0 Å². The fourth-order valence-electron chi connectivity index (χ4n) is 2.76. The van der Waals surface area contributed by atoms with Crippen LogP contribution in [0.2, 0.25) is 0 Å². The standard InChI is InChI=1S/C19H12BrF2N3O3/c20-6-10-4-15-16(28-9-27-15)5-11(10)14-7-24-17(8-23-14)25-19(26)18-12(21)2-1-3-13(18)22/h1-5,7-8H,6,9H2,(H,24,25,26). The Labute approximate surface area is 166 Å². The summed E-state index contributed by atoms with van der Waals surface area (Å²) < 4.78 is 38.2. The molecule has 0 aliphatic carbocycles. The summed E-state index contributed by atoms with van der Waals surface area (Å²) in [6.45, 7) is 0.157. The minimum atomic E-state index is -0.954. The highest BCUT2D eigenvalue weighted by molar-refractivity contribution is 9.08. The molecule has 0 bridgehead atoms. The van der Waals surface area contributed by atoms with Gasteiger partial charge in [0.2, 0.25) is 6.79 Å². The van der Waals surface area contributed by atoms with Crippen LogP contribution < -0.4 is 14.8 Å². The molecule has 3 aromatic rings. The van der Waals surface area contributed by atoms with Crippen LogP contribution in [0.1, 0.15) is 15.9 Å². The first-order valence-corrected chi connectivity index (χ1v) is 9.25. The number of halogens is 3. The maximum absolute atomic E-state index is 13.7. The molecule has 2 aromatic carbocycles. The fourth-order valence-corrected chi connectivity index (χ4v) is 3.22. The lowest BCUT2D eigenvalue weighted by Crippen LogP contribution is -2.16. The Morgan fingerprint density at radius 1 is 1.11 bits per heavy atom. The highest BCUT2D eigenvalue weighted by Crippen LogP contribution is 2.38. The molecule has 0 spiro atoms. The van der Waals surface area contributed by atoms with Crippen LogP contribution >= 0.6 is 15.9 Å². The van der Waals surface area contributed by atoms with Gasteiger partial charge in [-0.15, -0.1) is 0 Å². The number of nitrogens with zero attached hydrogens (tertiary/aromatic N) is 2. The zero-order valence-electron chi connectivity index (χ0n) is 14.2. The van der Waals surface area contributed by atoms with E-state index in [1.807, 2.05) is 6.07 Å². The number of ether oxygens (including phenoxy) is 2. The van der Waals surface area contributed by atoms with Crippen LogP contribution in [-0.2, 0) is 5.33 Å². The van der Waals surface area contributed by atoms with Gasteiger partial charge < -0.3 is 14.8 Å². The van der Waals surface area contributed by atoms with Gasteiger partial charge in [-0.05, 0) is 29.8 Å². The van der Waals surface area contributed by atoms with Gasteiger partial charge in [-0.2, -0.15) is 0 Å². The van der Waals surface area contributed by atoms with Crippen molar-refractivity contribution in [3.63, 3.8) is 0 Å². The van der Waals surface area contributed by atoms with E-state index in [4.69, 9.17) is 9.47 Å². The van der Waals surface area contributed by atoms with E-state index in [2.05, 4.69) is 31.2 Å². The van der Waals surface area contributed by atoms with Gasteiger partial charge in [-0.25, -0.2) is 13.8 Å². The van der Waals surface area contributed by atoms with Crippen LogP contribution in [0.25, 0.3) is 11.3 Å². The maximum Gasteiger partial charge on any atom is 0.262 e. The van der Waals surface area contributed by atoms with Crippen molar-refractivity contribution in [2.24, 2.45) is 0 Å². The quantitative estimate of drug-likeness (QED) is 0.603. The molecule has 1 N–H and O–H groups in total. The molecule has 4 rings (SSSR count). The van der Waals surface area contributed by atoms with E-state index in [1.165, 1.54) is 18.5 Å². The zero-order chi connectivity index (χ0) is 19.7. The number of hydrogen-bond acceptors (Lipinski definition) is 5. The minimum Gasteiger partial charge on any atom is -0.454 e. The molecule has 2 heterocycles. The fraction of sp³-hybridized carbons (Fsp3) is 0.105. The Hall–Kier alpha value is -3.07. The lowest BCUT2D eigenvalue weighted by Gasteiger charge is -2.10. The number of anilines is 1. The number of aromatic nitrogens is 2. The normalized spacial score (nSPS) is 12.1. The van der Waals surface area contributed by atoms with Crippen molar-refractivity contribution in [3.05, 3.63) is 65.5 Å². The summed E-state index contributed by atoms with van der Waals surface area (Å²) >= 11 is 3.43. The van der Waals surface area contributed by atoms with Gasteiger partial charge >= 0.3 is 0 Å². The second kappa shape index (κ2) is 7.51. The molecule has 0 fully saturated rings. The topological polar surface area (TPSA) is 73.3 Å². The lowest BCUT2D eigenvalue weighted by atomic mass is 10.1. The molecule has 142 valence electrons. The number of hydrogen-bond donors (Lipinski definition) is 1. The van der Waals surface area contributed by atoms with Crippen molar-refractivity contribution in [2.45, 2.75) is 5.33 Å². The molecule has 1 aliphatic rings. The van der Waals surface area contributed by atoms with Crippen LogP contribution in [0.5, 0.6) is 11.5 Å². The van der Waals surface area contributed by atoms with Gasteiger partial charge in [0.1, 0.15) is 17.2 Å². The summed E-state index contributed by atoms with van der Waals surface area (Å²) in [7, 11) is 0. The molecular formula is C19H12BrF2N3O3. The van der Waals surface area contributed by atoms with Crippen LogP contribution in [0.15, 0.2) is 42.7 Å². The van der Waals surface area contributed by atoms with E-state index in [0.29, 0.717) is 22.5 Å². The molecule has 1 amide bonds. The molecule has 1 aromatic heterocycles. The number of nitrogens with one attached hydrogen (secondary N) is 1. The van der Waals surface area contributed by atoms with Gasteiger partial charge in [0.25, 0.3) is 5.91 Å². The van der Waals surface area contributed by atoms with Gasteiger partial charge in [0.05, 0.1) is 18.1 Å². The van der Waals surface area contributed by atoms with Crippen LogP contribution in [0, 0.1) is 11.6 Å². The Kier molecular flexibility index (Phi) is 4.91. The Balaban J connectivity index is 1.59. The highest BCUT2D eigenvalue weighted by atomic mass is 79.9. The molecule has 0 radical (unpaired) electrons. The van der Waals surface area contributed by atoms with Crippen molar-refractivity contribution in [1.82, 2.24) is 9.97 Å². The van der Waals surface area contributed by atoms with Crippen LogP contribution in [-0.4, -0.2) is 22.7 Å². The van der Waals surface area contributed by atoms with E-state index in [1.54, 1.807) is 6.07 Å². The van der Waals surface area contributed by atoms with Gasteiger partial charge in [-0.3, -0.25) is 9.78 Å². The number of carbonyl (C=O) groups is 1. The Morgan fingerprint density at radius 2 is 1.82 bits per heavy atom. The van der Waals surface area contributed by atoms with Crippen molar-refractivity contribution < 1.29 is 23.0 Å². The number of rotatable bonds is 4. The van der Waals surface area contributed by atoms with Gasteiger partial charge in [0.15, 0.2) is 17.3 Å². The first-order chi connectivity index (χ1) is 13.6. The van der Waals surface area contributed by atoms with E-state index in [9.17, 15) is 13.6 Å². The summed E-state index contributed by atoms with van der Waals surface area (Å²) in [6.07, 6.45) is 2.77. The van der Waals surface area contributed by atoms with E-state index in [0.717, 1.165) is 23.3 Å². The smallest absolute Gasteiger partial charge is 0.262 e. The Morgan fingerprint density at radius 3 is 2.46 bits per heavy atom. The molecule has 6 nitrogen and oxygen atoms in total. The summed E-state index contributed by atoms with van der Waals surface area (Å²) in [4.78, 5) is 20.6. The largest absolute Gasteiger partial charge is 0.454 e. The third-order valence-corrected chi connectivity index (χ3v) is 4.71. The summed E-state index contributed by atoms with van der Waals surface area (Å²) in [5.41, 5.74) is 1.57. The third kappa shape index (κ3) is 3.40. The van der Waals surface area contributed by atoms with Gasteiger partial charge in [0, 0.05) is 10.9 Å². The summed E-state index contributed by atoms with van der Waals surface area (Å²) in [5, 5.41) is 2.90. The van der Waals surface area contributed by atoms with Crippen LogP contribution in [0.3, 0.4) is 0 Å². The second-order valence-electron chi connectivity index (χ2n) is 5.83. The molecule has 9 heteroatoms. The van der Waals surface area contributed by atoms with Crippen molar-refractivity contribution >= 4 is 27.7 Å². The van der Waals surface area contributed by atoms with Gasteiger partial charge in [-0.1, -0.05) is 22.0 Å². The molecule has 0 atom stereocenters. The first-order valence-electron chi connectivity index (χ1n) is 8.13. The molecular weight excluding hydrogens is 436 g/mol. The minimum absolute atomic E-state index is 0.0672. The highest BCUT2D eigenvalue weighted by Gasteiger charge is 2.20. The predicted octanol–water partition coefficient (Wildman–Crippen LogP) is 4.30. The monoisotopic (exact) mass is 447 g/mol. The van der Waals surface area contributed by atoms with Crippen molar-refractivity contribution in [3.8, 4) is 22.8 Å². The first kappa shape index (κ1) is 18.3. The SMILES string of the molecule is O=C(Nc1cnc(-c2cc3c(cc2CBr)OCO3)cn1)c1c(F)cccc1F. The van der Waals surface area contributed by atoms with E-state index < -0.39 is 23.1 Å². The van der Waals surface area contributed by atoms with Crippen LogP contribution in [0.4, 0.5) is 14.6 Å². The third-order valence-electron chi connectivity index (χ3n) is 4.10. The average Bonchev–Trinajstić information content (AvgIpc) is 3.15. The number of fused-ring (bicyclic) bond motifs is 1. The predicted molar refractivity (Wildman–Crippen MR) is 101 cm³/mol. The number of benzene rings is 2. The number of carbonyl (C=O) groups excluding carboxylic acids is 1. The molecule has 1 aliphatic heterocycles. The summed E-state index contributed by atoms with van der Waals surface area (Å²) in [5.74, 6) is -1.52. The average molecular weight is 448 g/mol. The van der Waals surface area contributed by atoms with E-state index >= 15 is 0 Å². The lowest BCUT2D eigenvalue weighted by molar-refractivity contribution is 0.101. The molecule has 0 saturated carbocycles. The molecule has 28 heavy (non-hydrogen) atoms. The van der Waals surface area contributed by atoms with Crippen molar-refractivity contribution in [2.75, 3.05) is 12.1 Å². The molecule has 0 saturated heterocycles. The maximum atomic E-state index is 13.7. The number of amides is 1. The zero-order valence-corrected chi connectivity index (χ0v) is 15.8. The Bertz CT molecular complexity index is 1040.